The number of pyridine rings is 1. The van der Waals surface area contributed by atoms with Crippen molar-refractivity contribution in [2.75, 3.05) is 7.11 Å². The van der Waals surface area contributed by atoms with Gasteiger partial charge < -0.3 is 15.8 Å². The predicted octanol–water partition coefficient (Wildman–Crippen LogP) is 1.28. The third-order valence-electron chi connectivity index (χ3n) is 3.11. The molecule has 1 heterocycles. The summed E-state index contributed by atoms with van der Waals surface area (Å²) in [6.45, 7) is 0.401. The van der Waals surface area contributed by atoms with Crippen molar-refractivity contribution in [1.82, 2.24) is 10.3 Å². The molecular formula is C16H19N3O2. The van der Waals surface area contributed by atoms with Crippen LogP contribution < -0.4 is 15.8 Å². The van der Waals surface area contributed by atoms with Gasteiger partial charge in [-0.1, -0.05) is 36.4 Å². The Hall–Kier alpha value is -2.40. The van der Waals surface area contributed by atoms with Crippen LogP contribution in [-0.4, -0.2) is 24.0 Å². The summed E-state index contributed by atoms with van der Waals surface area (Å²) in [5, 5.41) is 2.81. The Kier molecular flexibility index (Phi) is 5.29. The Labute approximate surface area is 124 Å². The van der Waals surface area contributed by atoms with Crippen LogP contribution in [0, 0.1) is 0 Å². The molecule has 0 saturated heterocycles. The minimum absolute atomic E-state index is 0.172. The minimum Gasteiger partial charge on any atom is -0.481 e. The van der Waals surface area contributed by atoms with Crippen LogP contribution >= 0.6 is 0 Å². The van der Waals surface area contributed by atoms with E-state index in [-0.39, 0.29) is 5.91 Å². The lowest BCUT2D eigenvalue weighted by molar-refractivity contribution is -0.122. The second-order valence-electron chi connectivity index (χ2n) is 4.72. The Morgan fingerprint density at radius 3 is 2.62 bits per heavy atom. The van der Waals surface area contributed by atoms with Crippen molar-refractivity contribution in [3.05, 3.63) is 59.8 Å². The van der Waals surface area contributed by atoms with Crippen molar-refractivity contribution in [3.8, 4) is 5.88 Å². The molecule has 1 atom stereocenters. The van der Waals surface area contributed by atoms with Gasteiger partial charge in [-0.05, 0) is 17.5 Å². The lowest BCUT2D eigenvalue weighted by atomic mass is 10.1. The molecule has 21 heavy (non-hydrogen) atoms. The van der Waals surface area contributed by atoms with Crippen LogP contribution in [0.15, 0.2) is 48.7 Å². The van der Waals surface area contributed by atoms with Crippen LogP contribution in [0.5, 0.6) is 5.88 Å². The van der Waals surface area contributed by atoms with Crippen LogP contribution in [0.2, 0.25) is 0 Å². The molecule has 3 N–H and O–H groups in total. The molecule has 0 radical (unpaired) electrons. The summed E-state index contributed by atoms with van der Waals surface area (Å²) in [6, 6.07) is 12.8. The molecule has 0 aliphatic heterocycles. The highest BCUT2D eigenvalue weighted by molar-refractivity contribution is 5.81. The van der Waals surface area contributed by atoms with Crippen molar-refractivity contribution in [1.29, 1.82) is 0 Å². The van der Waals surface area contributed by atoms with Crippen molar-refractivity contribution in [3.63, 3.8) is 0 Å². The zero-order valence-electron chi connectivity index (χ0n) is 12.0. The van der Waals surface area contributed by atoms with Gasteiger partial charge in [-0.15, -0.1) is 0 Å². The van der Waals surface area contributed by atoms with E-state index in [0.717, 1.165) is 11.1 Å². The first-order valence-electron chi connectivity index (χ1n) is 6.75. The number of rotatable bonds is 6. The van der Waals surface area contributed by atoms with E-state index < -0.39 is 6.04 Å². The van der Waals surface area contributed by atoms with E-state index in [9.17, 15) is 4.79 Å². The minimum atomic E-state index is -0.557. The first-order chi connectivity index (χ1) is 10.2. The van der Waals surface area contributed by atoms with Gasteiger partial charge in [-0.25, -0.2) is 4.98 Å². The van der Waals surface area contributed by atoms with Gasteiger partial charge in [-0.3, -0.25) is 4.79 Å². The maximum atomic E-state index is 12.0. The molecule has 5 heteroatoms. The van der Waals surface area contributed by atoms with Gasteiger partial charge in [0.2, 0.25) is 11.8 Å². The molecule has 1 aromatic carbocycles. The topological polar surface area (TPSA) is 77.2 Å². The quantitative estimate of drug-likeness (QED) is 0.838. The standard InChI is InChI=1S/C16H19N3O2/c1-21-15-8-7-13(10-18-15)11-19-16(20)14(17)9-12-5-3-2-4-6-12/h2-8,10,14H,9,11,17H2,1H3,(H,19,20)/t14-/m1/s1. The predicted molar refractivity (Wildman–Crippen MR) is 80.8 cm³/mol. The van der Waals surface area contributed by atoms with Gasteiger partial charge >= 0.3 is 0 Å². The molecule has 0 saturated carbocycles. The molecule has 0 fully saturated rings. The molecule has 0 bridgehead atoms. The summed E-state index contributed by atoms with van der Waals surface area (Å²) >= 11 is 0. The molecule has 0 aliphatic rings. The van der Waals surface area contributed by atoms with Gasteiger partial charge in [-0.2, -0.15) is 0 Å². The number of carbonyl (C=O) groups excluding carboxylic acids is 1. The lowest BCUT2D eigenvalue weighted by Crippen LogP contribution is -2.41. The molecule has 1 amide bonds. The fourth-order valence-electron chi connectivity index (χ4n) is 1.92. The smallest absolute Gasteiger partial charge is 0.237 e. The highest BCUT2D eigenvalue weighted by Gasteiger charge is 2.13. The largest absolute Gasteiger partial charge is 0.481 e. The number of hydrogen-bond donors (Lipinski definition) is 2. The molecule has 110 valence electrons. The summed E-state index contributed by atoms with van der Waals surface area (Å²) in [5.41, 5.74) is 7.86. The molecule has 1 aromatic heterocycles. The Balaban J connectivity index is 1.83. The average molecular weight is 285 g/mol. The van der Waals surface area contributed by atoms with E-state index in [2.05, 4.69) is 10.3 Å². The Bertz CT molecular complexity index is 570. The number of benzene rings is 1. The molecule has 2 rings (SSSR count). The maximum absolute atomic E-state index is 12.0. The van der Waals surface area contributed by atoms with Gasteiger partial charge in [0.05, 0.1) is 13.2 Å². The number of carbonyl (C=O) groups is 1. The number of nitrogens with two attached hydrogens (primary N) is 1. The second-order valence-corrected chi connectivity index (χ2v) is 4.72. The number of nitrogens with zero attached hydrogens (tertiary/aromatic N) is 1. The van der Waals surface area contributed by atoms with Gasteiger partial charge in [0.25, 0.3) is 0 Å². The van der Waals surface area contributed by atoms with Crippen molar-refractivity contribution < 1.29 is 9.53 Å². The lowest BCUT2D eigenvalue weighted by Gasteiger charge is -2.12. The number of nitrogens with one attached hydrogen (secondary N) is 1. The van der Waals surface area contributed by atoms with E-state index in [1.807, 2.05) is 36.4 Å². The molecular weight excluding hydrogens is 266 g/mol. The van der Waals surface area contributed by atoms with Crippen LogP contribution in [0.25, 0.3) is 0 Å². The summed E-state index contributed by atoms with van der Waals surface area (Å²) in [4.78, 5) is 16.0. The zero-order chi connectivity index (χ0) is 15.1. The van der Waals surface area contributed by atoms with Gasteiger partial charge in [0.15, 0.2) is 0 Å². The summed E-state index contributed by atoms with van der Waals surface area (Å²) < 4.78 is 4.98. The van der Waals surface area contributed by atoms with Crippen LogP contribution in [0.1, 0.15) is 11.1 Å². The number of methoxy groups -OCH3 is 1. The van der Waals surface area contributed by atoms with E-state index in [1.54, 1.807) is 19.4 Å². The molecule has 0 unspecified atom stereocenters. The summed E-state index contributed by atoms with van der Waals surface area (Å²) in [6.07, 6.45) is 2.19. The first-order valence-corrected chi connectivity index (χ1v) is 6.75. The maximum Gasteiger partial charge on any atom is 0.237 e. The van der Waals surface area contributed by atoms with E-state index in [4.69, 9.17) is 10.5 Å². The fourth-order valence-corrected chi connectivity index (χ4v) is 1.92. The average Bonchev–Trinajstić information content (AvgIpc) is 2.54. The van der Waals surface area contributed by atoms with E-state index >= 15 is 0 Å². The second kappa shape index (κ2) is 7.40. The van der Waals surface area contributed by atoms with Crippen molar-refractivity contribution in [2.24, 2.45) is 5.73 Å². The number of amides is 1. The normalized spacial score (nSPS) is 11.7. The number of aromatic nitrogens is 1. The van der Waals surface area contributed by atoms with Gasteiger partial charge in [0.1, 0.15) is 0 Å². The number of ether oxygens (including phenoxy) is 1. The highest BCUT2D eigenvalue weighted by atomic mass is 16.5. The SMILES string of the molecule is COc1ccc(CNC(=O)[C@H](N)Cc2ccccc2)cn1. The zero-order valence-corrected chi connectivity index (χ0v) is 12.0. The highest BCUT2D eigenvalue weighted by Crippen LogP contribution is 2.06. The van der Waals surface area contributed by atoms with Crippen molar-refractivity contribution >= 4 is 5.91 Å². The van der Waals surface area contributed by atoms with Crippen LogP contribution in [-0.2, 0) is 17.8 Å². The van der Waals surface area contributed by atoms with E-state index in [1.165, 1.54) is 0 Å². The van der Waals surface area contributed by atoms with Crippen molar-refractivity contribution in [2.45, 2.75) is 19.0 Å². The Morgan fingerprint density at radius 2 is 2.00 bits per heavy atom. The van der Waals surface area contributed by atoms with Crippen LogP contribution in [0.4, 0.5) is 0 Å². The molecule has 0 spiro atoms. The summed E-state index contributed by atoms with van der Waals surface area (Å²) in [7, 11) is 1.56. The molecule has 5 nitrogen and oxygen atoms in total. The van der Waals surface area contributed by atoms with E-state index in [0.29, 0.717) is 18.8 Å². The Morgan fingerprint density at radius 1 is 1.24 bits per heavy atom. The van der Waals surface area contributed by atoms with Crippen LogP contribution in [0.3, 0.4) is 0 Å². The first kappa shape index (κ1) is 15.0. The fraction of sp³-hybridized carbons (Fsp3) is 0.250. The molecule has 2 aromatic rings. The number of hydrogen-bond acceptors (Lipinski definition) is 4. The van der Waals surface area contributed by atoms with Gasteiger partial charge in [0, 0.05) is 18.8 Å². The monoisotopic (exact) mass is 285 g/mol. The third-order valence-corrected chi connectivity index (χ3v) is 3.11. The summed E-state index contributed by atoms with van der Waals surface area (Å²) in [5.74, 6) is 0.375. The third kappa shape index (κ3) is 4.57. The molecule has 0 aliphatic carbocycles.